The quantitative estimate of drug-likeness (QED) is 0.462. The van der Waals surface area contributed by atoms with Crippen LogP contribution in [0.3, 0.4) is 0 Å². The Hall–Kier alpha value is -0.633. The maximum absolute atomic E-state index is 10.3. The Morgan fingerprint density at radius 2 is 1.65 bits per heavy atom. The number of amides is 1. The third-order valence-electron chi connectivity index (χ3n) is 1.88. The van der Waals surface area contributed by atoms with E-state index in [1.54, 1.807) is 6.42 Å². The lowest BCUT2D eigenvalue weighted by Crippen LogP contribution is -2.46. The first-order chi connectivity index (χ1) is 8.10. The summed E-state index contributed by atoms with van der Waals surface area (Å²) >= 11 is 0. The SMILES string of the molecule is CCO[Si](C[CH]CNC(=O)O)(OCC)OCC. The fraction of sp³-hybridized carbons (Fsp3) is 0.800. The summed E-state index contributed by atoms with van der Waals surface area (Å²) in [5.41, 5.74) is 0. The highest BCUT2D eigenvalue weighted by Gasteiger charge is 2.39. The van der Waals surface area contributed by atoms with Crippen molar-refractivity contribution < 1.29 is 23.2 Å². The number of hydrogen-bond acceptors (Lipinski definition) is 4. The summed E-state index contributed by atoms with van der Waals surface area (Å²) in [5.74, 6) is 0. The van der Waals surface area contributed by atoms with E-state index >= 15 is 0 Å². The molecule has 0 aromatic heterocycles. The summed E-state index contributed by atoms with van der Waals surface area (Å²) in [4.78, 5) is 10.3. The average molecular weight is 264 g/mol. The monoisotopic (exact) mass is 264 g/mol. The highest BCUT2D eigenvalue weighted by atomic mass is 28.4. The molecule has 6 nitrogen and oxygen atoms in total. The first kappa shape index (κ1) is 16.4. The van der Waals surface area contributed by atoms with Crippen molar-refractivity contribution in [1.29, 1.82) is 0 Å². The summed E-state index contributed by atoms with van der Waals surface area (Å²) in [5, 5.41) is 10.7. The first-order valence-electron chi connectivity index (χ1n) is 5.80. The van der Waals surface area contributed by atoms with Gasteiger partial charge in [0.25, 0.3) is 0 Å². The first-order valence-corrected chi connectivity index (χ1v) is 7.73. The molecule has 0 heterocycles. The van der Waals surface area contributed by atoms with Crippen molar-refractivity contribution in [2.75, 3.05) is 26.4 Å². The van der Waals surface area contributed by atoms with Crippen LogP contribution in [0.4, 0.5) is 4.79 Å². The predicted molar refractivity (Wildman–Crippen MR) is 65.8 cm³/mol. The summed E-state index contributed by atoms with van der Waals surface area (Å²) < 4.78 is 16.8. The van der Waals surface area contributed by atoms with Gasteiger partial charge in [-0.1, -0.05) is 0 Å². The molecule has 0 rings (SSSR count). The van der Waals surface area contributed by atoms with Crippen molar-refractivity contribution in [3.63, 3.8) is 0 Å². The normalized spacial score (nSPS) is 11.5. The van der Waals surface area contributed by atoms with Gasteiger partial charge in [0.1, 0.15) is 0 Å². The number of nitrogens with one attached hydrogen (secondary N) is 1. The van der Waals surface area contributed by atoms with Gasteiger partial charge in [0.05, 0.1) is 0 Å². The fourth-order valence-electron chi connectivity index (χ4n) is 1.37. The highest BCUT2D eigenvalue weighted by Crippen LogP contribution is 2.17. The molecule has 1 amide bonds. The molecule has 2 N–H and O–H groups in total. The van der Waals surface area contributed by atoms with Gasteiger partial charge in [-0.25, -0.2) is 4.79 Å². The van der Waals surface area contributed by atoms with Gasteiger partial charge in [-0.2, -0.15) is 0 Å². The van der Waals surface area contributed by atoms with Gasteiger partial charge in [-0.3, -0.25) is 0 Å². The van der Waals surface area contributed by atoms with Crippen molar-refractivity contribution in [2.24, 2.45) is 0 Å². The van der Waals surface area contributed by atoms with Gasteiger partial charge >= 0.3 is 14.9 Å². The van der Waals surface area contributed by atoms with E-state index in [2.05, 4.69) is 5.32 Å². The van der Waals surface area contributed by atoms with Crippen LogP contribution in [0.2, 0.25) is 6.04 Å². The predicted octanol–water partition coefficient (Wildman–Crippen LogP) is 1.51. The molecule has 0 saturated heterocycles. The van der Waals surface area contributed by atoms with Crippen molar-refractivity contribution in [2.45, 2.75) is 26.8 Å². The van der Waals surface area contributed by atoms with E-state index in [1.165, 1.54) is 0 Å². The number of carboxylic acid groups (broad SMARTS) is 1. The molecule has 1 radical (unpaired) electrons. The van der Waals surface area contributed by atoms with Crippen LogP contribution in [0.25, 0.3) is 0 Å². The molecule has 0 aliphatic rings. The van der Waals surface area contributed by atoms with E-state index in [4.69, 9.17) is 18.4 Å². The van der Waals surface area contributed by atoms with Gasteiger partial charge in [-0.15, -0.1) is 0 Å². The van der Waals surface area contributed by atoms with E-state index in [0.29, 0.717) is 25.9 Å². The van der Waals surface area contributed by atoms with Crippen LogP contribution in [0.5, 0.6) is 0 Å². The lowest BCUT2D eigenvalue weighted by molar-refractivity contribution is 0.0732. The maximum Gasteiger partial charge on any atom is 0.501 e. The third-order valence-corrected chi connectivity index (χ3v) is 4.86. The Balaban J connectivity index is 4.18. The Kier molecular flexibility index (Phi) is 9.05. The van der Waals surface area contributed by atoms with E-state index in [-0.39, 0.29) is 6.54 Å². The number of rotatable bonds is 10. The molecule has 101 valence electrons. The molecule has 0 atom stereocenters. The summed E-state index contributed by atoms with van der Waals surface area (Å²) in [6.45, 7) is 7.47. The molecule has 0 spiro atoms. The molecule has 0 saturated carbocycles. The highest BCUT2D eigenvalue weighted by molar-refractivity contribution is 6.61. The molecule has 0 aliphatic heterocycles. The zero-order valence-electron chi connectivity index (χ0n) is 10.7. The minimum Gasteiger partial charge on any atom is -0.465 e. The minimum absolute atomic E-state index is 0.261. The zero-order valence-corrected chi connectivity index (χ0v) is 11.7. The van der Waals surface area contributed by atoms with Crippen LogP contribution in [0.15, 0.2) is 0 Å². The summed E-state index contributed by atoms with van der Waals surface area (Å²) in [7, 11) is -2.66. The van der Waals surface area contributed by atoms with Gasteiger partial charge < -0.3 is 23.7 Å². The van der Waals surface area contributed by atoms with Crippen LogP contribution in [0.1, 0.15) is 20.8 Å². The molecular formula is C10H22NO5Si. The second-order valence-electron chi connectivity index (χ2n) is 3.16. The van der Waals surface area contributed by atoms with E-state index in [9.17, 15) is 4.79 Å². The molecule has 17 heavy (non-hydrogen) atoms. The Labute approximate surface area is 104 Å². The van der Waals surface area contributed by atoms with Gasteiger partial charge in [0.15, 0.2) is 0 Å². The molecule has 0 unspecified atom stereocenters. The molecule has 0 aromatic carbocycles. The van der Waals surface area contributed by atoms with Gasteiger partial charge in [0, 0.05) is 32.4 Å². The van der Waals surface area contributed by atoms with Gasteiger partial charge in [0.2, 0.25) is 0 Å². The van der Waals surface area contributed by atoms with Crippen molar-refractivity contribution >= 4 is 14.9 Å². The molecular weight excluding hydrogens is 242 g/mol. The Morgan fingerprint density at radius 3 is 2.00 bits per heavy atom. The van der Waals surface area contributed by atoms with Crippen molar-refractivity contribution in [3.8, 4) is 0 Å². The van der Waals surface area contributed by atoms with Crippen LogP contribution in [0, 0.1) is 6.42 Å². The molecule has 0 aromatic rings. The smallest absolute Gasteiger partial charge is 0.465 e. The summed E-state index contributed by atoms with van der Waals surface area (Å²) in [6.07, 6.45) is 0.735. The zero-order chi connectivity index (χ0) is 13.1. The third kappa shape index (κ3) is 7.32. The Morgan fingerprint density at radius 1 is 1.18 bits per heavy atom. The van der Waals surface area contributed by atoms with Crippen LogP contribution in [-0.4, -0.2) is 46.4 Å². The second kappa shape index (κ2) is 9.40. The molecule has 0 aliphatic carbocycles. The van der Waals surface area contributed by atoms with Crippen molar-refractivity contribution in [3.05, 3.63) is 6.42 Å². The van der Waals surface area contributed by atoms with Crippen molar-refractivity contribution in [1.82, 2.24) is 5.32 Å². The van der Waals surface area contributed by atoms with E-state index < -0.39 is 14.9 Å². The van der Waals surface area contributed by atoms with Crippen LogP contribution in [-0.2, 0) is 13.3 Å². The number of carbonyl (C=O) groups is 1. The molecule has 0 fully saturated rings. The average Bonchev–Trinajstić information content (AvgIpc) is 2.25. The number of hydrogen-bond donors (Lipinski definition) is 2. The van der Waals surface area contributed by atoms with E-state index in [1.807, 2.05) is 20.8 Å². The minimum atomic E-state index is -2.66. The van der Waals surface area contributed by atoms with Gasteiger partial charge in [-0.05, 0) is 27.2 Å². The van der Waals surface area contributed by atoms with E-state index in [0.717, 1.165) is 0 Å². The van der Waals surface area contributed by atoms with Crippen LogP contribution < -0.4 is 5.32 Å². The maximum atomic E-state index is 10.3. The summed E-state index contributed by atoms with van der Waals surface area (Å²) in [6, 6.07) is 0.503. The Bertz CT molecular complexity index is 198. The lowest BCUT2D eigenvalue weighted by atomic mass is 10.5. The molecule has 7 heteroatoms. The largest absolute Gasteiger partial charge is 0.501 e. The standard InChI is InChI=1S/C10H22NO5Si/c1-4-14-17(15-5-2,16-6-3)9-7-8-11-10(12)13/h7,11H,4-6,8-9H2,1-3H3,(H,12,13). The fourth-order valence-corrected chi connectivity index (χ4v) is 3.79. The lowest BCUT2D eigenvalue weighted by Gasteiger charge is -2.28. The van der Waals surface area contributed by atoms with Crippen LogP contribution >= 0.6 is 0 Å². The topological polar surface area (TPSA) is 77.0 Å². The second-order valence-corrected chi connectivity index (χ2v) is 5.80. The molecule has 0 bridgehead atoms.